The van der Waals surface area contributed by atoms with Gasteiger partial charge in [0.05, 0.1) is 5.92 Å². The Kier molecular flexibility index (Phi) is 4.72. The second kappa shape index (κ2) is 6.29. The van der Waals surface area contributed by atoms with Crippen molar-refractivity contribution >= 4 is 0 Å². The lowest BCUT2D eigenvalue weighted by molar-refractivity contribution is 0.103. The number of rotatable bonds is 6. The summed E-state index contributed by atoms with van der Waals surface area (Å²) in [6, 6.07) is 0.345. The number of likely N-dealkylation sites (N-methyl/N-ethyl adjacent to an activating group) is 1. The third-order valence-electron chi connectivity index (χ3n) is 3.56. The number of hydrogen-bond acceptors (Lipinski definition) is 5. The normalized spacial score (nSPS) is 23.2. The molecule has 1 aliphatic heterocycles. The summed E-state index contributed by atoms with van der Waals surface area (Å²) >= 11 is 0. The van der Waals surface area contributed by atoms with Crippen LogP contribution in [0.5, 0.6) is 0 Å². The highest BCUT2D eigenvalue weighted by Gasteiger charge is 2.27. The molecular formula is C13H23N3O2. The third kappa shape index (κ3) is 2.90. The number of nitrogens with one attached hydrogen (secondary N) is 1. The Bertz CT molecular complexity index is 361. The summed E-state index contributed by atoms with van der Waals surface area (Å²) in [5.74, 6) is 1.72. The van der Waals surface area contributed by atoms with Crippen LogP contribution in [0.1, 0.15) is 63.8 Å². The zero-order chi connectivity index (χ0) is 13.0. The van der Waals surface area contributed by atoms with Gasteiger partial charge in [0, 0.05) is 12.6 Å². The van der Waals surface area contributed by atoms with Crippen molar-refractivity contribution < 1.29 is 9.26 Å². The van der Waals surface area contributed by atoms with Crippen LogP contribution in [0.15, 0.2) is 4.52 Å². The molecule has 0 bridgehead atoms. The topological polar surface area (TPSA) is 60.2 Å². The first-order valence-corrected chi connectivity index (χ1v) is 6.94. The highest BCUT2D eigenvalue weighted by Crippen LogP contribution is 2.28. The molecule has 102 valence electrons. The zero-order valence-electron chi connectivity index (χ0n) is 11.5. The SMILES string of the molecule is CCNC(C)C(CC)c1nc(C2CCCO2)no1. The summed E-state index contributed by atoms with van der Waals surface area (Å²) in [5.41, 5.74) is 0. The van der Waals surface area contributed by atoms with E-state index in [0.717, 1.165) is 38.3 Å². The van der Waals surface area contributed by atoms with Gasteiger partial charge in [-0.25, -0.2) is 0 Å². The average molecular weight is 253 g/mol. The molecule has 5 nitrogen and oxygen atoms in total. The van der Waals surface area contributed by atoms with Gasteiger partial charge in [0.25, 0.3) is 0 Å². The molecule has 0 aromatic carbocycles. The lowest BCUT2D eigenvalue weighted by Crippen LogP contribution is -2.31. The van der Waals surface area contributed by atoms with E-state index >= 15 is 0 Å². The quantitative estimate of drug-likeness (QED) is 0.843. The molecule has 0 radical (unpaired) electrons. The monoisotopic (exact) mass is 253 g/mol. The Morgan fingerprint density at radius 3 is 2.89 bits per heavy atom. The van der Waals surface area contributed by atoms with Gasteiger partial charge in [-0.1, -0.05) is 19.0 Å². The Hall–Kier alpha value is -0.940. The van der Waals surface area contributed by atoms with Crippen LogP contribution in [0.2, 0.25) is 0 Å². The van der Waals surface area contributed by atoms with E-state index in [1.54, 1.807) is 0 Å². The summed E-state index contributed by atoms with van der Waals surface area (Å²) < 4.78 is 11.0. The Labute approximate surface area is 108 Å². The van der Waals surface area contributed by atoms with Gasteiger partial charge in [0.15, 0.2) is 0 Å². The molecule has 3 unspecified atom stereocenters. The molecular weight excluding hydrogens is 230 g/mol. The molecule has 1 N–H and O–H groups in total. The highest BCUT2D eigenvalue weighted by molar-refractivity contribution is 5.00. The minimum atomic E-state index is 0.0365. The molecule has 1 saturated heterocycles. The molecule has 0 saturated carbocycles. The van der Waals surface area contributed by atoms with E-state index in [4.69, 9.17) is 9.26 Å². The molecule has 3 atom stereocenters. The molecule has 2 heterocycles. The minimum Gasteiger partial charge on any atom is -0.370 e. The number of nitrogens with zero attached hydrogens (tertiary/aromatic N) is 2. The first-order valence-electron chi connectivity index (χ1n) is 6.94. The smallest absolute Gasteiger partial charge is 0.231 e. The van der Waals surface area contributed by atoms with Crippen LogP contribution in [0.25, 0.3) is 0 Å². The summed E-state index contributed by atoms with van der Waals surface area (Å²) in [6.45, 7) is 8.17. The second-order valence-corrected chi connectivity index (χ2v) is 4.85. The van der Waals surface area contributed by atoms with E-state index < -0.39 is 0 Å². The lowest BCUT2D eigenvalue weighted by atomic mass is 9.98. The lowest BCUT2D eigenvalue weighted by Gasteiger charge is -2.19. The average Bonchev–Trinajstić information content (AvgIpc) is 3.00. The van der Waals surface area contributed by atoms with Crippen molar-refractivity contribution in [2.45, 2.75) is 58.1 Å². The van der Waals surface area contributed by atoms with E-state index in [2.05, 4.69) is 36.2 Å². The zero-order valence-corrected chi connectivity index (χ0v) is 11.5. The summed E-state index contributed by atoms with van der Waals surface area (Å²) in [6.07, 6.45) is 3.11. The largest absolute Gasteiger partial charge is 0.370 e. The maximum Gasteiger partial charge on any atom is 0.231 e. The minimum absolute atomic E-state index is 0.0365. The van der Waals surface area contributed by atoms with Crippen molar-refractivity contribution in [3.63, 3.8) is 0 Å². The predicted molar refractivity (Wildman–Crippen MR) is 68.4 cm³/mol. The van der Waals surface area contributed by atoms with Gasteiger partial charge in [0.1, 0.15) is 6.10 Å². The van der Waals surface area contributed by atoms with E-state index in [0.29, 0.717) is 11.9 Å². The van der Waals surface area contributed by atoms with Crippen molar-refractivity contribution in [1.29, 1.82) is 0 Å². The van der Waals surface area contributed by atoms with Gasteiger partial charge in [-0.05, 0) is 32.7 Å². The molecule has 1 aromatic rings. The van der Waals surface area contributed by atoms with Crippen molar-refractivity contribution in [2.75, 3.05) is 13.2 Å². The predicted octanol–water partition coefficient (Wildman–Crippen LogP) is 2.41. The Balaban J connectivity index is 2.06. The Morgan fingerprint density at radius 2 is 2.28 bits per heavy atom. The molecule has 0 amide bonds. The van der Waals surface area contributed by atoms with Crippen molar-refractivity contribution in [3.05, 3.63) is 11.7 Å². The van der Waals surface area contributed by atoms with E-state index in [-0.39, 0.29) is 12.0 Å². The van der Waals surface area contributed by atoms with Crippen LogP contribution in [-0.4, -0.2) is 29.3 Å². The van der Waals surface area contributed by atoms with E-state index in [1.165, 1.54) is 0 Å². The molecule has 1 aliphatic rings. The van der Waals surface area contributed by atoms with Crippen LogP contribution < -0.4 is 5.32 Å². The van der Waals surface area contributed by atoms with Gasteiger partial charge in [-0.3, -0.25) is 0 Å². The first-order chi connectivity index (χ1) is 8.76. The first kappa shape index (κ1) is 13.5. The maximum absolute atomic E-state index is 5.57. The van der Waals surface area contributed by atoms with Crippen LogP contribution in [0, 0.1) is 0 Å². The molecule has 2 rings (SSSR count). The molecule has 5 heteroatoms. The molecule has 0 aliphatic carbocycles. The van der Waals surface area contributed by atoms with E-state index in [1.807, 2.05) is 0 Å². The highest BCUT2D eigenvalue weighted by atomic mass is 16.5. The number of ether oxygens (including phenoxy) is 1. The Morgan fingerprint density at radius 1 is 1.44 bits per heavy atom. The molecule has 1 fully saturated rings. The summed E-state index contributed by atoms with van der Waals surface area (Å²) in [7, 11) is 0. The van der Waals surface area contributed by atoms with Crippen molar-refractivity contribution in [3.8, 4) is 0 Å². The maximum atomic E-state index is 5.57. The fraction of sp³-hybridized carbons (Fsp3) is 0.846. The van der Waals surface area contributed by atoms with Crippen LogP contribution in [-0.2, 0) is 4.74 Å². The van der Waals surface area contributed by atoms with E-state index in [9.17, 15) is 0 Å². The third-order valence-corrected chi connectivity index (χ3v) is 3.56. The van der Waals surface area contributed by atoms with Gasteiger partial charge < -0.3 is 14.6 Å². The van der Waals surface area contributed by atoms with Gasteiger partial charge in [-0.2, -0.15) is 4.98 Å². The van der Waals surface area contributed by atoms with Crippen molar-refractivity contribution in [2.24, 2.45) is 0 Å². The fourth-order valence-electron chi connectivity index (χ4n) is 2.52. The van der Waals surface area contributed by atoms with Crippen LogP contribution in [0.4, 0.5) is 0 Å². The van der Waals surface area contributed by atoms with Crippen LogP contribution in [0.3, 0.4) is 0 Å². The fourth-order valence-corrected chi connectivity index (χ4v) is 2.52. The van der Waals surface area contributed by atoms with Gasteiger partial charge >= 0.3 is 0 Å². The van der Waals surface area contributed by atoms with Gasteiger partial charge in [0.2, 0.25) is 11.7 Å². The van der Waals surface area contributed by atoms with Crippen LogP contribution >= 0.6 is 0 Å². The summed E-state index contributed by atoms with van der Waals surface area (Å²) in [4.78, 5) is 4.52. The molecule has 0 spiro atoms. The summed E-state index contributed by atoms with van der Waals surface area (Å²) in [5, 5.41) is 7.49. The molecule has 1 aromatic heterocycles. The van der Waals surface area contributed by atoms with Gasteiger partial charge in [-0.15, -0.1) is 0 Å². The standard InChI is InChI=1S/C13H23N3O2/c1-4-10(9(3)14-5-2)13-15-12(16-18-13)11-7-6-8-17-11/h9-11,14H,4-8H2,1-3H3. The number of hydrogen-bond donors (Lipinski definition) is 1. The second-order valence-electron chi connectivity index (χ2n) is 4.85. The molecule has 18 heavy (non-hydrogen) atoms. The number of aromatic nitrogens is 2. The van der Waals surface area contributed by atoms with Crippen molar-refractivity contribution in [1.82, 2.24) is 15.5 Å².